The van der Waals surface area contributed by atoms with Crippen LogP contribution >= 0.6 is 11.8 Å². The Bertz CT molecular complexity index is 1100. The molecule has 1 aromatic carbocycles. The zero-order valence-electron chi connectivity index (χ0n) is 25.5. The van der Waals surface area contributed by atoms with Gasteiger partial charge in [-0.25, -0.2) is 0 Å². The Kier molecular flexibility index (Phi) is 8.74. The van der Waals surface area contributed by atoms with E-state index in [0.29, 0.717) is 13.0 Å². The highest BCUT2D eigenvalue weighted by Crippen LogP contribution is 2.68. The van der Waals surface area contributed by atoms with E-state index in [0.717, 1.165) is 18.4 Å². The van der Waals surface area contributed by atoms with Crippen molar-refractivity contribution in [3.63, 3.8) is 0 Å². The third-order valence-electron chi connectivity index (χ3n) is 8.83. The minimum atomic E-state index is -0.739. The summed E-state index contributed by atoms with van der Waals surface area (Å²) >= 11 is 1.68. The summed E-state index contributed by atoms with van der Waals surface area (Å²) in [6, 6.07) is 8.55. The van der Waals surface area contributed by atoms with Crippen LogP contribution in [-0.2, 0) is 20.9 Å². The molecular weight excluding hydrogens is 522 g/mol. The SMILES string of the molecule is CC(C)C[C@H](CO)N1C(=O)[C@@H]2[C@H](C(=O)NCc3ccccc3)[C@@H]3CC(C)C2(S3)C1C(=O)NC(C)(C)CC(C)(C)C. The zero-order valence-corrected chi connectivity index (χ0v) is 26.3. The van der Waals surface area contributed by atoms with Gasteiger partial charge in [0.1, 0.15) is 6.04 Å². The molecule has 3 fully saturated rings. The summed E-state index contributed by atoms with van der Waals surface area (Å²) in [7, 11) is 0. The Morgan fingerprint density at radius 2 is 1.77 bits per heavy atom. The van der Waals surface area contributed by atoms with Crippen molar-refractivity contribution in [1.82, 2.24) is 15.5 Å². The maximum absolute atomic E-state index is 14.4. The van der Waals surface area contributed by atoms with Crippen molar-refractivity contribution in [2.75, 3.05) is 6.61 Å². The van der Waals surface area contributed by atoms with Crippen molar-refractivity contribution in [3.8, 4) is 0 Å². The summed E-state index contributed by atoms with van der Waals surface area (Å²) < 4.78 is -0.706. The number of carbonyl (C=O) groups is 3. The minimum absolute atomic E-state index is 0.00382. The van der Waals surface area contributed by atoms with E-state index in [4.69, 9.17) is 0 Å². The maximum atomic E-state index is 14.4. The van der Waals surface area contributed by atoms with Crippen LogP contribution in [0.3, 0.4) is 0 Å². The molecule has 0 saturated carbocycles. The number of nitrogens with one attached hydrogen (secondary N) is 2. The Morgan fingerprint density at radius 1 is 1.12 bits per heavy atom. The van der Waals surface area contributed by atoms with Gasteiger partial charge in [-0.3, -0.25) is 14.4 Å². The predicted octanol–water partition coefficient (Wildman–Crippen LogP) is 4.38. The molecule has 7 nitrogen and oxygen atoms in total. The Morgan fingerprint density at radius 3 is 2.35 bits per heavy atom. The highest BCUT2D eigenvalue weighted by Gasteiger charge is 2.76. The number of fused-ring (bicyclic) bond motifs is 1. The van der Waals surface area contributed by atoms with Crippen molar-refractivity contribution >= 4 is 29.5 Å². The van der Waals surface area contributed by atoms with E-state index in [1.54, 1.807) is 16.7 Å². The zero-order chi connectivity index (χ0) is 29.6. The molecule has 222 valence electrons. The number of benzene rings is 1. The first-order valence-electron chi connectivity index (χ1n) is 14.9. The van der Waals surface area contributed by atoms with Gasteiger partial charge >= 0.3 is 0 Å². The van der Waals surface area contributed by atoms with Crippen LogP contribution in [0.5, 0.6) is 0 Å². The molecule has 3 unspecified atom stereocenters. The third-order valence-corrected chi connectivity index (χ3v) is 10.9. The molecule has 8 heteroatoms. The average Bonchev–Trinajstić information content (AvgIpc) is 3.43. The van der Waals surface area contributed by atoms with Crippen LogP contribution in [0.4, 0.5) is 0 Å². The number of rotatable bonds is 10. The quantitative estimate of drug-likeness (QED) is 0.387. The number of thioether (sulfide) groups is 1. The Hall–Kier alpha value is -2.06. The fourth-order valence-corrected chi connectivity index (χ4v) is 10.4. The molecule has 3 heterocycles. The summed E-state index contributed by atoms with van der Waals surface area (Å²) in [5, 5.41) is 16.9. The molecule has 3 N–H and O–H groups in total. The first-order chi connectivity index (χ1) is 18.6. The summed E-state index contributed by atoms with van der Waals surface area (Å²) in [6.45, 7) is 17.0. The number of hydrogen-bond acceptors (Lipinski definition) is 5. The summed E-state index contributed by atoms with van der Waals surface area (Å²) in [4.78, 5) is 44.2. The van der Waals surface area contributed by atoms with Crippen LogP contribution < -0.4 is 10.6 Å². The van der Waals surface area contributed by atoms with E-state index >= 15 is 0 Å². The van der Waals surface area contributed by atoms with E-state index in [1.165, 1.54) is 0 Å². The van der Waals surface area contributed by atoms with Crippen LogP contribution in [0.2, 0.25) is 0 Å². The van der Waals surface area contributed by atoms with Crippen LogP contribution in [-0.4, -0.2) is 62.0 Å². The number of likely N-dealkylation sites (tertiary alicyclic amines) is 1. The first-order valence-corrected chi connectivity index (χ1v) is 15.7. The molecule has 0 aliphatic carbocycles. The number of aliphatic hydroxyl groups excluding tert-OH is 1. The van der Waals surface area contributed by atoms with E-state index in [9.17, 15) is 19.5 Å². The second-order valence-corrected chi connectivity index (χ2v) is 16.1. The standard InChI is InChI=1S/C32H49N3O4S/c1-19(2)14-22(17-36)35-26(28(38)34-31(7,8)18-30(4,5)6)32-20(3)15-23(40-32)24(25(32)29(35)39)27(37)33-16-21-12-10-9-11-13-21/h9-13,19-20,22-26,36H,14-18H2,1-8H3,(H,33,37)(H,34,38)/t20?,22-,23+,24-,25+,26?,32?/m1/s1. The number of hydrogen-bond donors (Lipinski definition) is 3. The molecule has 1 aromatic rings. The maximum Gasteiger partial charge on any atom is 0.244 e. The summed E-state index contributed by atoms with van der Waals surface area (Å²) in [6.07, 6.45) is 2.15. The lowest BCUT2D eigenvalue weighted by atomic mass is 9.65. The van der Waals surface area contributed by atoms with E-state index in [1.807, 2.05) is 44.2 Å². The molecule has 3 amide bonds. The molecule has 4 rings (SSSR count). The van der Waals surface area contributed by atoms with Crippen molar-refractivity contribution in [1.29, 1.82) is 0 Å². The van der Waals surface area contributed by atoms with Gasteiger partial charge in [0, 0.05) is 17.3 Å². The molecule has 3 aliphatic rings. The molecule has 3 aliphatic heterocycles. The average molecular weight is 572 g/mol. The molecule has 0 radical (unpaired) electrons. The van der Waals surface area contributed by atoms with Gasteiger partial charge in [-0.05, 0) is 55.9 Å². The number of amides is 3. The van der Waals surface area contributed by atoms with Crippen LogP contribution in [0.1, 0.15) is 80.2 Å². The fourth-order valence-electron chi connectivity index (χ4n) is 7.95. The summed E-state index contributed by atoms with van der Waals surface area (Å²) in [5.41, 5.74) is 0.525. The lowest BCUT2D eigenvalue weighted by Gasteiger charge is -2.42. The molecule has 0 aromatic heterocycles. The largest absolute Gasteiger partial charge is 0.394 e. The normalized spacial score (nSPS) is 30.5. The highest BCUT2D eigenvalue weighted by molar-refractivity contribution is 8.02. The lowest BCUT2D eigenvalue weighted by Crippen LogP contribution is -2.61. The first kappa shape index (κ1) is 30.9. The second-order valence-electron chi connectivity index (χ2n) is 14.6. The lowest BCUT2D eigenvalue weighted by molar-refractivity contribution is -0.143. The summed E-state index contributed by atoms with van der Waals surface area (Å²) in [5.74, 6) is -1.22. The van der Waals surface area contributed by atoms with Gasteiger partial charge in [-0.15, -0.1) is 11.8 Å². The van der Waals surface area contributed by atoms with Crippen LogP contribution in [0, 0.1) is 29.1 Å². The fraction of sp³-hybridized carbons (Fsp3) is 0.719. The highest BCUT2D eigenvalue weighted by atomic mass is 32.2. The minimum Gasteiger partial charge on any atom is -0.394 e. The molecule has 1 spiro atoms. The molecule has 2 bridgehead atoms. The van der Waals surface area contributed by atoms with Gasteiger partial charge in [0.2, 0.25) is 17.7 Å². The van der Waals surface area contributed by atoms with Gasteiger partial charge in [0.05, 0.1) is 29.2 Å². The molecule has 40 heavy (non-hydrogen) atoms. The molecule has 3 saturated heterocycles. The van der Waals surface area contributed by atoms with Gasteiger partial charge in [0.15, 0.2) is 0 Å². The van der Waals surface area contributed by atoms with E-state index in [2.05, 4.69) is 52.2 Å². The molecular formula is C32H49N3O4S. The van der Waals surface area contributed by atoms with Crippen molar-refractivity contribution in [3.05, 3.63) is 35.9 Å². The van der Waals surface area contributed by atoms with Gasteiger partial charge in [-0.1, -0.05) is 71.9 Å². The Balaban J connectivity index is 1.70. The monoisotopic (exact) mass is 571 g/mol. The third kappa shape index (κ3) is 5.80. The van der Waals surface area contributed by atoms with E-state index in [-0.39, 0.29) is 46.8 Å². The van der Waals surface area contributed by atoms with Gasteiger partial charge in [0.25, 0.3) is 0 Å². The van der Waals surface area contributed by atoms with Crippen LogP contribution in [0.25, 0.3) is 0 Å². The number of carbonyl (C=O) groups excluding carboxylic acids is 3. The predicted molar refractivity (Wildman–Crippen MR) is 160 cm³/mol. The van der Waals surface area contributed by atoms with E-state index < -0.39 is 34.2 Å². The van der Waals surface area contributed by atoms with Crippen molar-refractivity contribution in [2.24, 2.45) is 29.1 Å². The van der Waals surface area contributed by atoms with Gasteiger partial charge in [-0.2, -0.15) is 0 Å². The smallest absolute Gasteiger partial charge is 0.244 e. The van der Waals surface area contributed by atoms with Crippen molar-refractivity contribution < 1.29 is 19.5 Å². The molecule has 7 atom stereocenters. The van der Waals surface area contributed by atoms with Gasteiger partial charge < -0.3 is 20.6 Å². The Labute approximate surface area is 244 Å². The number of aliphatic hydroxyl groups is 1. The topological polar surface area (TPSA) is 98.7 Å². The van der Waals surface area contributed by atoms with Crippen molar-refractivity contribution in [2.45, 2.75) is 109 Å². The number of nitrogens with zero attached hydrogens (tertiary/aromatic N) is 1. The van der Waals surface area contributed by atoms with Crippen LogP contribution in [0.15, 0.2) is 30.3 Å². The second kappa shape index (κ2) is 11.3.